The number of aliphatic hydroxyl groups excluding tert-OH is 1. The normalized spacial score (nSPS) is 10.8. The van der Waals surface area contributed by atoms with Crippen molar-refractivity contribution in [2.75, 3.05) is 24.6 Å². The zero-order valence-electron chi connectivity index (χ0n) is 11.6. The number of aromatic nitrogens is 1. The maximum absolute atomic E-state index is 9.08. The molecule has 1 aromatic heterocycles. The van der Waals surface area contributed by atoms with Crippen molar-refractivity contribution in [3.8, 4) is 0 Å². The summed E-state index contributed by atoms with van der Waals surface area (Å²) in [6.07, 6.45) is 1.79. The van der Waals surface area contributed by atoms with Crippen LogP contribution in [-0.2, 0) is 6.54 Å². The average Bonchev–Trinajstić information content (AvgIpc) is 2.37. The molecule has 0 saturated heterocycles. The third-order valence-corrected chi connectivity index (χ3v) is 2.97. The lowest BCUT2D eigenvalue weighted by atomic mass is 10.3. The number of halogens is 1. The first kappa shape index (κ1) is 16.0. The first-order valence-corrected chi connectivity index (χ1v) is 6.81. The van der Waals surface area contributed by atoms with E-state index in [9.17, 15) is 0 Å². The Hall–Kier alpha value is -1.10. The van der Waals surface area contributed by atoms with Crippen LogP contribution in [0.15, 0.2) is 24.8 Å². The molecule has 0 bridgehead atoms. The number of nitrogens with one attached hydrogen (secondary N) is 1. The van der Waals surface area contributed by atoms with Crippen LogP contribution >= 0.6 is 11.6 Å². The fourth-order valence-corrected chi connectivity index (χ4v) is 1.82. The second-order valence-electron chi connectivity index (χ2n) is 4.59. The number of rotatable bonds is 8. The molecule has 5 heteroatoms. The third kappa shape index (κ3) is 5.19. The van der Waals surface area contributed by atoms with Crippen molar-refractivity contribution in [2.24, 2.45) is 0 Å². The molecule has 0 fully saturated rings. The van der Waals surface area contributed by atoms with E-state index in [2.05, 4.69) is 30.7 Å². The Morgan fingerprint density at radius 3 is 2.84 bits per heavy atom. The second-order valence-corrected chi connectivity index (χ2v) is 5.00. The van der Waals surface area contributed by atoms with Crippen LogP contribution in [-0.4, -0.2) is 35.8 Å². The van der Waals surface area contributed by atoms with Crippen LogP contribution in [0.1, 0.15) is 19.5 Å². The number of hydrogen-bond donors (Lipinski definition) is 2. The van der Waals surface area contributed by atoms with Gasteiger partial charge in [0.1, 0.15) is 5.82 Å². The molecular formula is C14H22ClN3O. The van der Waals surface area contributed by atoms with Gasteiger partial charge in [0, 0.05) is 25.7 Å². The standard InChI is InChI=1S/C14H22ClN3O/c1-4-7-18(8-9-19)14-6-5-12(15)13(17-14)10-16-11(2)3/h4-6,11,16,19H,1,7-10H2,2-3H3. The lowest BCUT2D eigenvalue weighted by Crippen LogP contribution is -2.28. The Morgan fingerprint density at radius 2 is 2.26 bits per heavy atom. The molecule has 0 unspecified atom stereocenters. The highest BCUT2D eigenvalue weighted by molar-refractivity contribution is 6.31. The smallest absolute Gasteiger partial charge is 0.129 e. The van der Waals surface area contributed by atoms with E-state index in [1.807, 2.05) is 17.0 Å². The summed E-state index contributed by atoms with van der Waals surface area (Å²) in [7, 11) is 0. The zero-order valence-corrected chi connectivity index (χ0v) is 12.3. The summed E-state index contributed by atoms with van der Waals surface area (Å²) in [6, 6.07) is 4.08. The summed E-state index contributed by atoms with van der Waals surface area (Å²) in [5, 5.41) is 13.0. The molecule has 1 aromatic rings. The molecule has 0 aromatic carbocycles. The van der Waals surface area contributed by atoms with E-state index in [1.54, 1.807) is 6.08 Å². The fourth-order valence-electron chi connectivity index (χ4n) is 1.65. The summed E-state index contributed by atoms with van der Waals surface area (Å²) in [5.74, 6) is 0.805. The Balaban J connectivity index is 2.88. The van der Waals surface area contributed by atoms with Crippen LogP contribution in [0.25, 0.3) is 0 Å². The molecule has 0 saturated carbocycles. The molecule has 106 valence electrons. The molecule has 0 aliphatic heterocycles. The van der Waals surface area contributed by atoms with Crippen molar-refractivity contribution in [3.63, 3.8) is 0 Å². The summed E-state index contributed by atoms with van der Waals surface area (Å²) in [4.78, 5) is 6.51. The lowest BCUT2D eigenvalue weighted by molar-refractivity contribution is 0.302. The average molecular weight is 284 g/mol. The van der Waals surface area contributed by atoms with Crippen LogP contribution in [0, 0.1) is 0 Å². The number of pyridine rings is 1. The molecule has 0 atom stereocenters. The first-order valence-electron chi connectivity index (χ1n) is 6.44. The highest BCUT2D eigenvalue weighted by atomic mass is 35.5. The third-order valence-electron chi connectivity index (χ3n) is 2.63. The first-order chi connectivity index (χ1) is 9.08. The van der Waals surface area contributed by atoms with Crippen molar-refractivity contribution < 1.29 is 5.11 Å². The van der Waals surface area contributed by atoms with E-state index in [4.69, 9.17) is 16.7 Å². The molecule has 0 aliphatic rings. The molecule has 1 heterocycles. The monoisotopic (exact) mass is 283 g/mol. The van der Waals surface area contributed by atoms with Gasteiger partial charge < -0.3 is 15.3 Å². The van der Waals surface area contributed by atoms with Gasteiger partial charge in [-0.25, -0.2) is 4.98 Å². The lowest BCUT2D eigenvalue weighted by Gasteiger charge is -2.22. The predicted octanol–water partition coefficient (Wildman–Crippen LogP) is 2.22. The van der Waals surface area contributed by atoms with Gasteiger partial charge in [0.25, 0.3) is 0 Å². The van der Waals surface area contributed by atoms with Gasteiger partial charge in [-0.15, -0.1) is 6.58 Å². The van der Waals surface area contributed by atoms with Crippen molar-refractivity contribution in [1.29, 1.82) is 0 Å². The van der Waals surface area contributed by atoms with E-state index in [0.717, 1.165) is 11.5 Å². The number of aliphatic hydroxyl groups is 1. The van der Waals surface area contributed by atoms with Crippen LogP contribution in [0.3, 0.4) is 0 Å². The van der Waals surface area contributed by atoms with E-state index in [-0.39, 0.29) is 6.61 Å². The summed E-state index contributed by atoms with van der Waals surface area (Å²) in [5.41, 5.74) is 0.819. The maximum Gasteiger partial charge on any atom is 0.129 e. The minimum atomic E-state index is 0.0811. The van der Waals surface area contributed by atoms with Crippen LogP contribution in [0.5, 0.6) is 0 Å². The Labute approximate surface area is 120 Å². The molecule has 2 N–H and O–H groups in total. The highest BCUT2D eigenvalue weighted by Gasteiger charge is 2.09. The maximum atomic E-state index is 9.08. The van der Waals surface area contributed by atoms with Crippen LogP contribution in [0.4, 0.5) is 5.82 Å². The number of anilines is 1. The fraction of sp³-hybridized carbons (Fsp3) is 0.500. The summed E-state index contributed by atoms with van der Waals surface area (Å²) >= 11 is 6.15. The SMILES string of the molecule is C=CCN(CCO)c1ccc(Cl)c(CNC(C)C)n1. The van der Waals surface area contributed by atoms with Gasteiger partial charge in [0.2, 0.25) is 0 Å². The van der Waals surface area contributed by atoms with E-state index in [0.29, 0.717) is 30.7 Å². The number of nitrogens with zero attached hydrogens (tertiary/aromatic N) is 2. The van der Waals surface area contributed by atoms with E-state index >= 15 is 0 Å². The Morgan fingerprint density at radius 1 is 1.53 bits per heavy atom. The zero-order chi connectivity index (χ0) is 14.3. The minimum absolute atomic E-state index is 0.0811. The van der Waals surface area contributed by atoms with Gasteiger partial charge in [-0.2, -0.15) is 0 Å². The van der Waals surface area contributed by atoms with Gasteiger partial charge in [-0.3, -0.25) is 0 Å². The highest BCUT2D eigenvalue weighted by Crippen LogP contribution is 2.19. The predicted molar refractivity (Wildman–Crippen MR) is 80.7 cm³/mol. The molecule has 4 nitrogen and oxygen atoms in total. The topological polar surface area (TPSA) is 48.4 Å². The van der Waals surface area contributed by atoms with Crippen molar-refractivity contribution >= 4 is 17.4 Å². The van der Waals surface area contributed by atoms with Gasteiger partial charge in [-0.05, 0) is 12.1 Å². The Bertz CT molecular complexity index is 410. The molecule has 0 aliphatic carbocycles. The summed E-state index contributed by atoms with van der Waals surface area (Å²) < 4.78 is 0. The van der Waals surface area contributed by atoms with Gasteiger partial charge >= 0.3 is 0 Å². The molecular weight excluding hydrogens is 262 g/mol. The molecule has 0 spiro atoms. The molecule has 0 radical (unpaired) electrons. The van der Waals surface area contributed by atoms with Gasteiger partial charge in [0.05, 0.1) is 17.3 Å². The molecule has 0 amide bonds. The summed E-state index contributed by atoms with van der Waals surface area (Å²) in [6.45, 7) is 9.75. The van der Waals surface area contributed by atoms with Gasteiger partial charge in [-0.1, -0.05) is 31.5 Å². The van der Waals surface area contributed by atoms with Crippen molar-refractivity contribution in [3.05, 3.63) is 35.5 Å². The minimum Gasteiger partial charge on any atom is -0.395 e. The van der Waals surface area contributed by atoms with Crippen molar-refractivity contribution in [1.82, 2.24) is 10.3 Å². The molecule has 1 rings (SSSR count). The largest absolute Gasteiger partial charge is 0.395 e. The second kappa shape index (κ2) is 8.15. The van der Waals surface area contributed by atoms with Crippen LogP contribution < -0.4 is 10.2 Å². The van der Waals surface area contributed by atoms with E-state index < -0.39 is 0 Å². The quantitative estimate of drug-likeness (QED) is 0.718. The Kier molecular flexibility index (Phi) is 6.84. The number of hydrogen-bond acceptors (Lipinski definition) is 4. The molecule has 19 heavy (non-hydrogen) atoms. The van der Waals surface area contributed by atoms with Crippen LogP contribution in [0.2, 0.25) is 5.02 Å². The van der Waals surface area contributed by atoms with Crippen molar-refractivity contribution in [2.45, 2.75) is 26.4 Å². The van der Waals surface area contributed by atoms with Gasteiger partial charge in [0.15, 0.2) is 0 Å². The van der Waals surface area contributed by atoms with E-state index in [1.165, 1.54) is 0 Å².